The third-order valence-electron chi connectivity index (χ3n) is 3.96. The number of hydrogen-bond acceptors (Lipinski definition) is 4. The van der Waals surface area contributed by atoms with Crippen LogP contribution in [0.3, 0.4) is 0 Å². The third kappa shape index (κ3) is 5.89. The second-order valence-electron chi connectivity index (χ2n) is 6.10. The van der Waals surface area contributed by atoms with Crippen molar-refractivity contribution in [3.8, 4) is 11.5 Å². The Hall–Kier alpha value is -3.27. The van der Waals surface area contributed by atoms with E-state index in [0.717, 1.165) is 16.7 Å². The van der Waals surface area contributed by atoms with Crippen LogP contribution in [0.5, 0.6) is 11.5 Å². The second kappa shape index (κ2) is 9.43. The van der Waals surface area contributed by atoms with Gasteiger partial charge < -0.3 is 14.2 Å². The number of carbonyl (C=O) groups excluding carboxylic acids is 1. The summed E-state index contributed by atoms with van der Waals surface area (Å²) in [7, 11) is 0. The van der Waals surface area contributed by atoms with Gasteiger partial charge in [-0.15, -0.1) is 0 Å². The maximum Gasteiger partial charge on any atom is 0.302 e. The smallest absolute Gasteiger partial charge is 0.302 e. The van der Waals surface area contributed by atoms with Gasteiger partial charge in [-0.3, -0.25) is 4.79 Å². The molecule has 0 aliphatic rings. The Morgan fingerprint density at radius 1 is 0.741 bits per heavy atom. The standard InChI is InChI=1S/C23H22O4/c1-18(24)25-17-21-12-13-22(26-15-19-8-4-2-5-9-19)14-23(21)27-16-20-10-6-3-7-11-20/h2-14H,15-17H2,1H3. The van der Waals surface area contributed by atoms with Gasteiger partial charge in [0.25, 0.3) is 0 Å². The first-order chi connectivity index (χ1) is 13.2. The van der Waals surface area contributed by atoms with Gasteiger partial charge >= 0.3 is 5.97 Å². The van der Waals surface area contributed by atoms with Gasteiger partial charge in [0.05, 0.1) is 0 Å². The first-order valence-electron chi connectivity index (χ1n) is 8.80. The summed E-state index contributed by atoms with van der Waals surface area (Å²) in [6.45, 7) is 2.46. The first kappa shape index (κ1) is 18.5. The molecule has 0 atom stereocenters. The molecule has 0 amide bonds. The molecule has 27 heavy (non-hydrogen) atoms. The van der Waals surface area contributed by atoms with Crippen molar-refractivity contribution in [1.29, 1.82) is 0 Å². The van der Waals surface area contributed by atoms with Gasteiger partial charge in [0.15, 0.2) is 0 Å². The van der Waals surface area contributed by atoms with Crippen LogP contribution >= 0.6 is 0 Å². The van der Waals surface area contributed by atoms with Crippen LogP contribution in [0.2, 0.25) is 0 Å². The van der Waals surface area contributed by atoms with Crippen molar-refractivity contribution < 1.29 is 19.0 Å². The molecule has 0 radical (unpaired) electrons. The Morgan fingerprint density at radius 3 is 1.93 bits per heavy atom. The summed E-state index contributed by atoms with van der Waals surface area (Å²) in [5.41, 5.74) is 2.95. The van der Waals surface area contributed by atoms with Crippen molar-refractivity contribution in [1.82, 2.24) is 0 Å². The molecule has 0 N–H and O–H groups in total. The molecular weight excluding hydrogens is 340 g/mol. The maximum absolute atomic E-state index is 11.1. The van der Waals surface area contributed by atoms with Crippen molar-refractivity contribution in [2.75, 3.05) is 0 Å². The molecule has 0 heterocycles. The van der Waals surface area contributed by atoms with Crippen molar-refractivity contribution in [3.05, 3.63) is 95.6 Å². The summed E-state index contributed by atoms with van der Waals surface area (Å²) >= 11 is 0. The van der Waals surface area contributed by atoms with Crippen LogP contribution in [0.25, 0.3) is 0 Å². The van der Waals surface area contributed by atoms with Gasteiger partial charge in [0, 0.05) is 18.6 Å². The van der Waals surface area contributed by atoms with Gasteiger partial charge in [-0.05, 0) is 23.3 Å². The van der Waals surface area contributed by atoms with Crippen LogP contribution < -0.4 is 9.47 Å². The van der Waals surface area contributed by atoms with Crippen LogP contribution in [0, 0.1) is 0 Å². The minimum absolute atomic E-state index is 0.165. The zero-order valence-corrected chi connectivity index (χ0v) is 15.3. The average Bonchev–Trinajstić information content (AvgIpc) is 2.71. The molecule has 3 rings (SSSR count). The summed E-state index contributed by atoms with van der Waals surface area (Å²) in [6, 6.07) is 25.4. The maximum atomic E-state index is 11.1. The minimum atomic E-state index is -0.326. The molecule has 0 saturated carbocycles. The zero-order valence-electron chi connectivity index (χ0n) is 15.3. The third-order valence-corrected chi connectivity index (χ3v) is 3.96. The number of carbonyl (C=O) groups is 1. The van der Waals surface area contributed by atoms with Crippen LogP contribution in [-0.2, 0) is 29.4 Å². The minimum Gasteiger partial charge on any atom is -0.489 e. The Labute approximate surface area is 159 Å². The quantitative estimate of drug-likeness (QED) is 0.534. The van der Waals surface area contributed by atoms with E-state index in [-0.39, 0.29) is 12.6 Å². The molecule has 138 valence electrons. The summed E-state index contributed by atoms with van der Waals surface area (Å²) in [6.07, 6.45) is 0. The molecule has 0 aliphatic heterocycles. The monoisotopic (exact) mass is 362 g/mol. The van der Waals surface area contributed by atoms with Crippen LogP contribution in [-0.4, -0.2) is 5.97 Å². The molecule has 3 aromatic rings. The molecule has 0 aliphatic carbocycles. The van der Waals surface area contributed by atoms with Crippen LogP contribution in [0.1, 0.15) is 23.6 Å². The number of rotatable bonds is 8. The number of ether oxygens (including phenoxy) is 3. The summed E-state index contributed by atoms with van der Waals surface area (Å²) in [5.74, 6) is 1.02. The molecule has 0 fully saturated rings. The average molecular weight is 362 g/mol. The number of hydrogen-bond donors (Lipinski definition) is 0. The molecule has 0 spiro atoms. The normalized spacial score (nSPS) is 10.3. The highest BCUT2D eigenvalue weighted by atomic mass is 16.5. The Kier molecular flexibility index (Phi) is 6.47. The van der Waals surface area contributed by atoms with E-state index in [1.54, 1.807) is 0 Å². The topological polar surface area (TPSA) is 44.8 Å². The molecule has 0 aromatic heterocycles. The van der Waals surface area contributed by atoms with Gasteiger partial charge in [-0.1, -0.05) is 60.7 Å². The van der Waals surface area contributed by atoms with Gasteiger partial charge in [-0.25, -0.2) is 0 Å². The predicted octanol–water partition coefficient (Wildman–Crippen LogP) is 4.91. The molecular formula is C23H22O4. The molecule has 0 saturated heterocycles. The lowest BCUT2D eigenvalue weighted by Gasteiger charge is -2.14. The first-order valence-corrected chi connectivity index (χ1v) is 8.80. The summed E-state index contributed by atoms with van der Waals surface area (Å²) < 4.78 is 17.0. The zero-order chi connectivity index (χ0) is 18.9. The second-order valence-corrected chi connectivity index (χ2v) is 6.10. The summed E-state index contributed by atoms with van der Waals surface area (Å²) in [4.78, 5) is 11.1. The molecule has 4 heteroatoms. The van der Waals surface area contributed by atoms with Crippen LogP contribution in [0.15, 0.2) is 78.9 Å². The fraction of sp³-hybridized carbons (Fsp3) is 0.174. The summed E-state index contributed by atoms with van der Waals surface area (Å²) in [5, 5.41) is 0. The van der Waals surface area contributed by atoms with Crippen molar-refractivity contribution in [3.63, 3.8) is 0 Å². The highest BCUT2D eigenvalue weighted by Crippen LogP contribution is 2.27. The fourth-order valence-corrected chi connectivity index (χ4v) is 2.53. The predicted molar refractivity (Wildman–Crippen MR) is 103 cm³/mol. The Bertz CT molecular complexity index is 860. The van der Waals surface area contributed by atoms with Crippen LogP contribution in [0.4, 0.5) is 0 Å². The van der Waals surface area contributed by atoms with E-state index in [9.17, 15) is 4.79 Å². The van der Waals surface area contributed by atoms with E-state index < -0.39 is 0 Å². The van der Waals surface area contributed by atoms with E-state index in [0.29, 0.717) is 24.7 Å². The highest BCUT2D eigenvalue weighted by Gasteiger charge is 2.09. The largest absolute Gasteiger partial charge is 0.489 e. The number of benzene rings is 3. The molecule has 3 aromatic carbocycles. The van der Waals surface area contributed by atoms with Gasteiger partial charge in [0.2, 0.25) is 0 Å². The molecule has 0 unspecified atom stereocenters. The number of esters is 1. The van der Waals surface area contributed by atoms with E-state index in [4.69, 9.17) is 14.2 Å². The van der Waals surface area contributed by atoms with E-state index in [1.165, 1.54) is 6.92 Å². The molecule has 4 nitrogen and oxygen atoms in total. The van der Waals surface area contributed by atoms with Gasteiger partial charge in [0.1, 0.15) is 31.3 Å². The van der Waals surface area contributed by atoms with E-state index >= 15 is 0 Å². The van der Waals surface area contributed by atoms with Crippen molar-refractivity contribution in [2.24, 2.45) is 0 Å². The fourth-order valence-electron chi connectivity index (χ4n) is 2.53. The van der Waals surface area contributed by atoms with E-state index in [1.807, 2.05) is 78.9 Å². The van der Waals surface area contributed by atoms with Gasteiger partial charge in [-0.2, -0.15) is 0 Å². The SMILES string of the molecule is CC(=O)OCc1ccc(OCc2ccccc2)cc1OCc1ccccc1. The van der Waals surface area contributed by atoms with E-state index in [2.05, 4.69) is 0 Å². The lowest BCUT2D eigenvalue weighted by atomic mass is 10.2. The highest BCUT2D eigenvalue weighted by molar-refractivity contribution is 5.66. The van der Waals surface area contributed by atoms with Crippen molar-refractivity contribution in [2.45, 2.75) is 26.7 Å². The Balaban J connectivity index is 1.72. The molecule has 0 bridgehead atoms. The lowest BCUT2D eigenvalue weighted by Crippen LogP contribution is -2.04. The lowest BCUT2D eigenvalue weighted by molar-refractivity contribution is -0.142. The van der Waals surface area contributed by atoms with Crippen molar-refractivity contribution >= 4 is 5.97 Å². The Morgan fingerprint density at radius 2 is 1.33 bits per heavy atom.